The summed E-state index contributed by atoms with van der Waals surface area (Å²) in [4.78, 5) is 19.1. The molecule has 6 heteroatoms. The minimum Gasteiger partial charge on any atom is -0.467 e. The van der Waals surface area contributed by atoms with Crippen LogP contribution < -0.4 is 10.4 Å². The Morgan fingerprint density at radius 3 is 2.56 bits per heavy atom. The highest BCUT2D eigenvalue weighted by Crippen LogP contribution is 2.11. The van der Waals surface area contributed by atoms with Gasteiger partial charge >= 0.3 is 11.7 Å². The molecule has 1 aromatic carbocycles. The summed E-state index contributed by atoms with van der Waals surface area (Å²) in [5.74, 6) is 0. The van der Waals surface area contributed by atoms with E-state index in [0.29, 0.717) is 10.7 Å². The van der Waals surface area contributed by atoms with Gasteiger partial charge in [0.1, 0.15) is 6.33 Å². The molecule has 0 spiro atoms. The fraction of sp³-hybridized carbons (Fsp3) is 0.100. The zero-order valence-corrected chi connectivity index (χ0v) is 9.18. The summed E-state index contributed by atoms with van der Waals surface area (Å²) in [7, 11) is 1.40. The predicted molar refractivity (Wildman–Crippen MR) is 59.2 cm³/mol. The predicted octanol–water partition coefficient (Wildman–Crippen LogP) is 1.29. The maximum atomic E-state index is 11.6. The molecule has 0 aliphatic heterocycles. The van der Waals surface area contributed by atoms with Crippen LogP contribution in [-0.2, 0) is 0 Å². The monoisotopic (exact) mass is 237 g/mol. The SMILES string of the molecule is COc1ncn(-c2ccc(Cl)cc2)c(=O)n1. The molecule has 0 atom stereocenters. The highest BCUT2D eigenvalue weighted by atomic mass is 35.5. The number of ether oxygens (including phenoxy) is 1. The van der Waals surface area contributed by atoms with E-state index in [4.69, 9.17) is 16.3 Å². The van der Waals surface area contributed by atoms with Crippen LogP contribution in [0.2, 0.25) is 5.02 Å². The quantitative estimate of drug-likeness (QED) is 0.790. The molecule has 0 bridgehead atoms. The van der Waals surface area contributed by atoms with E-state index in [0.717, 1.165) is 0 Å². The van der Waals surface area contributed by atoms with Gasteiger partial charge in [-0.3, -0.25) is 4.57 Å². The minimum atomic E-state index is -0.450. The van der Waals surface area contributed by atoms with Crippen LogP contribution in [0.4, 0.5) is 0 Å². The standard InChI is InChI=1S/C10H8ClN3O2/c1-16-9-12-6-14(10(15)13-9)8-4-2-7(11)3-5-8/h2-6H,1H3. The van der Waals surface area contributed by atoms with E-state index in [2.05, 4.69) is 9.97 Å². The largest absolute Gasteiger partial charge is 0.467 e. The number of aromatic nitrogens is 3. The Bertz CT molecular complexity index is 551. The molecule has 0 saturated carbocycles. The Labute approximate surface area is 96.3 Å². The number of rotatable bonds is 2. The molecular weight excluding hydrogens is 230 g/mol. The molecule has 0 radical (unpaired) electrons. The molecule has 0 amide bonds. The molecule has 82 valence electrons. The average Bonchev–Trinajstić information content (AvgIpc) is 2.30. The van der Waals surface area contributed by atoms with Crippen molar-refractivity contribution in [3.63, 3.8) is 0 Å². The second-order valence-electron chi connectivity index (χ2n) is 2.97. The van der Waals surface area contributed by atoms with Gasteiger partial charge < -0.3 is 4.74 Å². The zero-order valence-electron chi connectivity index (χ0n) is 8.42. The van der Waals surface area contributed by atoms with Crippen LogP contribution in [0.25, 0.3) is 5.69 Å². The topological polar surface area (TPSA) is 57.0 Å². The first-order chi connectivity index (χ1) is 7.70. The first kappa shape index (κ1) is 10.6. The summed E-state index contributed by atoms with van der Waals surface area (Å²) in [6.45, 7) is 0. The van der Waals surface area contributed by atoms with E-state index in [1.165, 1.54) is 18.0 Å². The molecule has 0 N–H and O–H groups in total. The second-order valence-corrected chi connectivity index (χ2v) is 3.41. The van der Waals surface area contributed by atoms with Crippen molar-refractivity contribution in [2.24, 2.45) is 0 Å². The van der Waals surface area contributed by atoms with Crippen molar-refractivity contribution in [2.75, 3.05) is 7.11 Å². The van der Waals surface area contributed by atoms with Gasteiger partial charge in [0.15, 0.2) is 0 Å². The van der Waals surface area contributed by atoms with Crippen LogP contribution in [0.15, 0.2) is 35.4 Å². The third-order valence-corrected chi connectivity index (χ3v) is 2.22. The lowest BCUT2D eigenvalue weighted by Gasteiger charge is -2.04. The molecule has 2 rings (SSSR count). The summed E-state index contributed by atoms with van der Waals surface area (Å²) in [6.07, 6.45) is 1.36. The summed E-state index contributed by atoms with van der Waals surface area (Å²) in [5.41, 5.74) is 0.200. The number of hydrogen-bond acceptors (Lipinski definition) is 4. The van der Waals surface area contributed by atoms with Crippen molar-refractivity contribution in [2.45, 2.75) is 0 Å². The molecule has 0 fully saturated rings. The smallest absolute Gasteiger partial charge is 0.358 e. The van der Waals surface area contributed by atoms with Crippen molar-refractivity contribution in [1.29, 1.82) is 0 Å². The van der Waals surface area contributed by atoms with Gasteiger partial charge in [-0.1, -0.05) is 11.6 Å². The number of benzene rings is 1. The summed E-state index contributed by atoms with van der Waals surface area (Å²) >= 11 is 5.75. The molecular formula is C10H8ClN3O2. The Morgan fingerprint density at radius 2 is 2.00 bits per heavy atom. The van der Waals surface area contributed by atoms with E-state index in [1.807, 2.05) is 0 Å². The zero-order chi connectivity index (χ0) is 11.5. The van der Waals surface area contributed by atoms with Crippen molar-refractivity contribution >= 4 is 11.6 Å². The molecule has 0 saturated heterocycles. The Kier molecular flexibility index (Phi) is 2.87. The Morgan fingerprint density at radius 1 is 1.31 bits per heavy atom. The lowest BCUT2D eigenvalue weighted by Crippen LogP contribution is -2.22. The van der Waals surface area contributed by atoms with E-state index >= 15 is 0 Å². The lowest BCUT2D eigenvalue weighted by atomic mass is 10.3. The van der Waals surface area contributed by atoms with Gasteiger partial charge in [0.25, 0.3) is 0 Å². The van der Waals surface area contributed by atoms with Crippen LogP contribution in [0, 0.1) is 0 Å². The maximum absolute atomic E-state index is 11.6. The first-order valence-corrected chi connectivity index (χ1v) is 4.84. The van der Waals surface area contributed by atoms with Crippen LogP contribution in [0.3, 0.4) is 0 Å². The molecule has 0 unspecified atom stereocenters. The average molecular weight is 238 g/mol. The van der Waals surface area contributed by atoms with Gasteiger partial charge in [0.05, 0.1) is 12.8 Å². The van der Waals surface area contributed by atoms with Crippen molar-refractivity contribution < 1.29 is 4.74 Å². The number of nitrogens with zero attached hydrogens (tertiary/aromatic N) is 3. The van der Waals surface area contributed by atoms with Crippen LogP contribution in [0.5, 0.6) is 6.01 Å². The highest BCUT2D eigenvalue weighted by Gasteiger charge is 2.03. The summed E-state index contributed by atoms with van der Waals surface area (Å²) in [5, 5.41) is 0.603. The van der Waals surface area contributed by atoms with Crippen LogP contribution in [0.1, 0.15) is 0 Å². The van der Waals surface area contributed by atoms with Crippen LogP contribution in [-0.4, -0.2) is 21.6 Å². The molecule has 0 aliphatic rings. The number of methoxy groups -OCH3 is 1. The molecule has 5 nitrogen and oxygen atoms in total. The van der Waals surface area contributed by atoms with Gasteiger partial charge in [0, 0.05) is 5.02 Å². The number of hydrogen-bond donors (Lipinski definition) is 0. The van der Waals surface area contributed by atoms with Gasteiger partial charge in [0.2, 0.25) is 0 Å². The lowest BCUT2D eigenvalue weighted by molar-refractivity contribution is 0.374. The van der Waals surface area contributed by atoms with Gasteiger partial charge in [-0.15, -0.1) is 4.98 Å². The van der Waals surface area contributed by atoms with Gasteiger partial charge in [-0.2, -0.15) is 4.98 Å². The molecule has 1 aromatic heterocycles. The van der Waals surface area contributed by atoms with Gasteiger partial charge in [-0.05, 0) is 24.3 Å². The maximum Gasteiger partial charge on any atom is 0.358 e. The van der Waals surface area contributed by atoms with Crippen molar-refractivity contribution in [1.82, 2.24) is 14.5 Å². The van der Waals surface area contributed by atoms with Gasteiger partial charge in [-0.25, -0.2) is 4.79 Å². The first-order valence-electron chi connectivity index (χ1n) is 4.46. The Balaban J connectivity index is 2.48. The normalized spacial score (nSPS) is 10.1. The van der Waals surface area contributed by atoms with E-state index in [1.54, 1.807) is 24.3 Å². The van der Waals surface area contributed by atoms with Crippen LogP contribution >= 0.6 is 11.6 Å². The Hall–Kier alpha value is -1.88. The van der Waals surface area contributed by atoms with E-state index < -0.39 is 5.69 Å². The molecule has 16 heavy (non-hydrogen) atoms. The summed E-state index contributed by atoms with van der Waals surface area (Å²) in [6, 6.07) is 6.84. The van der Waals surface area contributed by atoms with E-state index in [-0.39, 0.29) is 6.01 Å². The molecule has 0 aliphatic carbocycles. The molecule has 2 aromatic rings. The third kappa shape index (κ3) is 2.04. The van der Waals surface area contributed by atoms with Crippen molar-refractivity contribution in [3.8, 4) is 11.7 Å². The number of halogens is 1. The molecule has 1 heterocycles. The van der Waals surface area contributed by atoms with Crippen molar-refractivity contribution in [3.05, 3.63) is 46.1 Å². The fourth-order valence-corrected chi connectivity index (χ4v) is 1.32. The fourth-order valence-electron chi connectivity index (χ4n) is 1.20. The second kappa shape index (κ2) is 4.32. The summed E-state index contributed by atoms with van der Waals surface area (Å²) < 4.78 is 6.05. The highest BCUT2D eigenvalue weighted by molar-refractivity contribution is 6.30. The third-order valence-electron chi connectivity index (χ3n) is 1.97. The van der Waals surface area contributed by atoms with E-state index in [9.17, 15) is 4.79 Å². The minimum absolute atomic E-state index is 0.0511.